The molecule has 0 atom stereocenters. The Morgan fingerprint density at radius 1 is 1.07 bits per heavy atom. The Bertz CT molecular complexity index is 404. The first kappa shape index (κ1) is 12.4. The molecule has 1 aromatic rings. The molecule has 1 radical (unpaired) electrons. The van der Waals surface area contributed by atoms with Crippen molar-refractivity contribution in [2.75, 3.05) is 0 Å². The molecule has 0 bridgehead atoms. The van der Waals surface area contributed by atoms with Gasteiger partial charge >= 0.3 is 97.6 Å². The molecule has 0 unspecified atom stereocenters. The standard InChI is InChI=1S/C8H4F4O2.Bi.H/c1-2-4(9)6(11)3(8(13)14)7(12)5(2)10;;/h1H3,(H,13,14);;/q;+1;/p-1. The topological polar surface area (TPSA) is 26.3 Å². The van der Waals surface area contributed by atoms with Crippen molar-refractivity contribution < 1.29 is 25.2 Å². The predicted octanol–water partition coefficient (Wildman–Crippen LogP) is 1.52. The second-order valence-corrected chi connectivity index (χ2v) is 3.44. The Morgan fingerprint density at radius 2 is 1.47 bits per heavy atom. The van der Waals surface area contributed by atoms with Crippen molar-refractivity contribution in [3.63, 3.8) is 0 Å². The number of hydrogen-bond acceptors (Lipinski definition) is 2. The summed E-state index contributed by atoms with van der Waals surface area (Å²) in [5.41, 5.74) is -2.14. The summed E-state index contributed by atoms with van der Waals surface area (Å²) in [4.78, 5) is 10.9. The van der Waals surface area contributed by atoms with Crippen molar-refractivity contribution in [3.05, 3.63) is 34.4 Å². The Balaban J connectivity index is 3.60. The van der Waals surface area contributed by atoms with Gasteiger partial charge in [0.15, 0.2) is 0 Å². The number of carbonyl (C=O) groups is 1. The van der Waals surface area contributed by atoms with Gasteiger partial charge in [-0.3, -0.25) is 0 Å². The van der Waals surface area contributed by atoms with Crippen molar-refractivity contribution in [2.24, 2.45) is 0 Å². The molecule has 0 saturated heterocycles. The van der Waals surface area contributed by atoms with E-state index in [1.165, 1.54) is 0 Å². The van der Waals surface area contributed by atoms with E-state index in [2.05, 4.69) is 2.81 Å². The van der Waals surface area contributed by atoms with Crippen LogP contribution in [0.4, 0.5) is 17.6 Å². The van der Waals surface area contributed by atoms with Crippen LogP contribution in [0, 0.1) is 30.2 Å². The molecule has 0 amide bonds. The molecule has 0 aliphatic rings. The van der Waals surface area contributed by atoms with Crippen molar-refractivity contribution in [1.29, 1.82) is 0 Å². The Morgan fingerprint density at radius 3 is 1.80 bits per heavy atom. The van der Waals surface area contributed by atoms with E-state index in [1.54, 1.807) is 0 Å². The average molecular weight is 417 g/mol. The van der Waals surface area contributed by atoms with Crippen LogP contribution in [-0.4, -0.2) is 31.1 Å². The van der Waals surface area contributed by atoms with Crippen molar-refractivity contribution in [3.8, 4) is 0 Å². The molecular formula is C8H4BiF4O2. The Labute approximate surface area is 97.7 Å². The van der Waals surface area contributed by atoms with Gasteiger partial charge in [-0.05, 0) is 0 Å². The average Bonchev–Trinajstić information content (AvgIpc) is 2.23. The quantitative estimate of drug-likeness (QED) is 0.394. The zero-order chi connectivity index (χ0) is 11.7. The van der Waals surface area contributed by atoms with Crippen molar-refractivity contribution >= 4 is 31.1 Å². The normalized spacial score (nSPS) is 10.3. The van der Waals surface area contributed by atoms with Crippen LogP contribution in [0.5, 0.6) is 0 Å². The second kappa shape index (κ2) is 4.43. The fourth-order valence-electron chi connectivity index (χ4n) is 0.972. The van der Waals surface area contributed by atoms with Crippen LogP contribution in [0.3, 0.4) is 0 Å². The minimum atomic E-state index is -1.73. The summed E-state index contributed by atoms with van der Waals surface area (Å²) >= 11 is -0.130. The third kappa shape index (κ3) is 1.98. The van der Waals surface area contributed by atoms with Crippen LogP contribution in [0.15, 0.2) is 0 Å². The van der Waals surface area contributed by atoms with Gasteiger partial charge in [-0.1, -0.05) is 0 Å². The molecule has 0 heterocycles. The molecule has 2 nitrogen and oxygen atoms in total. The van der Waals surface area contributed by atoms with Crippen LogP contribution < -0.4 is 0 Å². The van der Waals surface area contributed by atoms with E-state index in [4.69, 9.17) is 0 Å². The van der Waals surface area contributed by atoms with Crippen molar-refractivity contribution in [2.45, 2.75) is 6.92 Å². The number of carbonyl (C=O) groups excluding carboxylic acids is 1. The third-order valence-corrected chi connectivity index (χ3v) is 2.50. The SMILES string of the molecule is Cc1c(F)c(F)c(C(=O)[O][BiH])c(F)c1F. The molecule has 1 rings (SSSR count). The van der Waals surface area contributed by atoms with E-state index < -0.39 is 40.4 Å². The van der Waals surface area contributed by atoms with Crippen LogP contribution >= 0.6 is 0 Å². The summed E-state index contributed by atoms with van der Waals surface area (Å²) < 4.78 is 56.2. The van der Waals surface area contributed by atoms with Crippen LogP contribution in [-0.2, 0) is 2.81 Å². The van der Waals surface area contributed by atoms with Gasteiger partial charge < -0.3 is 0 Å². The molecule has 0 aromatic heterocycles. The molecule has 0 saturated carbocycles. The Kier molecular flexibility index (Phi) is 3.65. The first-order valence-corrected chi connectivity index (χ1v) is 5.21. The first-order chi connectivity index (χ1) is 6.91. The van der Waals surface area contributed by atoms with Gasteiger partial charge in [0.1, 0.15) is 0 Å². The molecule has 0 N–H and O–H groups in total. The summed E-state index contributed by atoms with van der Waals surface area (Å²) in [6.07, 6.45) is 0. The maximum atomic E-state index is 13.1. The van der Waals surface area contributed by atoms with Gasteiger partial charge in [0.05, 0.1) is 0 Å². The minimum absolute atomic E-state index is 0.130. The predicted molar refractivity (Wildman–Crippen MR) is 43.6 cm³/mol. The first-order valence-electron chi connectivity index (χ1n) is 3.62. The van der Waals surface area contributed by atoms with Crippen LogP contribution in [0.25, 0.3) is 0 Å². The molecule has 15 heavy (non-hydrogen) atoms. The summed E-state index contributed by atoms with van der Waals surface area (Å²) in [5, 5.41) is 0. The molecule has 1 aromatic carbocycles. The zero-order valence-electron chi connectivity index (χ0n) is 7.33. The molecule has 7 heteroatoms. The molecule has 81 valence electrons. The molecule has 0 aliphatic heterocycles. The number of benzene rings is 1. The molecule has 0 aliphatic carbocycles. The van der Waals surface area contributed by atoms with Gasteiger partial charge in [-0.15, -0.1) is 0 Å². The van der Waals surface area contributed by atoms with E-state index in [1.807, 2.05) is 0 Å². The molecule has 0 fully saturated rings. The van der Waals surface area contributed by atoms with Gasteiger partial charge in [0, 0.05) is 0 Å². The van der Waals surface area contributed by atoms with Gasteiger partial charge in [-0.2, -0.15) is 0 Å². The number of rotatable bonds is 1. The van der Waals surface area contributed by atoms with E-state index >= 15 is 0 Å². The van der Waals surface area contributed by atoms with Crippen molar-refractivity contribution in [1.82, 2.24) is 0 Å². The van der Waals surface area contributed by atoms with E-state index in [9.17, 15) is 22.4 Å². The van der Waals surface area contributed by atoms with E-state index in [0.29, 0.717) is 0 Å². The number of hydrogen-bond donors (Lipinski definition) is 0. The summed E-state index contributed by atoms with van der Waals surface area (Å²) in [6.45, 7) is 0.868. The molecule has 0 spiro atoms. The van der Waals surface area contributed by atoms with E-state index in [0.717, 1.165) is 6.92 Å². The summed E-state index contributed by atoms with van der Waals surface area (Å²) in [5.74, 6) is -8.04. The maximum absolute atomic E-state index is 13.1. The second-order valence-electron chi connectivity index (χ2n) is 2.65. The number of halogens is 4. The zero-order valence-corrected chi connectivity index (χ0v) is 11.2. The van der Waals surface area contributed by atoms with Gasteiger partial charge in [0.25, 0.3) is 0 Å². The van der Waals surface area contributed by atoms with Crippen LogP contribution in [0.1, 0.15) is 15.9 Å². The summed E-state index contributed by atoms with van der Waals surface area (Å²) in [7, 11) is 0. The third-order valence-electron chi connectivity index (χ3n) is 1.78. The van der Waals surface area contributed by atoms with Gasteiger partial charge in [-0.25, -0.2) is 0 Å². The fourth-order valence-corrected chi connectivity index (χ4v) is 1.37. The summed E-state index contributed by atoms with van der Waals surface area (Å²) in [6, 6.07) is 0. The molecular weight excluding hydrogens is 413 g/mol. The van der Waals surface area contributed by atoms with E-state index in [-0.39, 0.29) is 25.2 Å². The fraction of sp³-hybridized carbons (Fsp3) is 0.125. The van der Waals surface area contributed by atoms with Gasteiger partial charge in [0.2, 0.25) is 0 Å². The van der Waals surface area contributed by atoms with Crippen LogP contribution in [0.2, 0.25) is 0 Å². The Hall–Kier alpha value is -0.707. The monoisotopic (exact) mass is 417 g/mol.